The Morgan fingerprint density at radius 1 is 1.16 bits per heavy atom. The lowest BCUT2D eigenvalue weighted by Crippen LogP contribution is -2.25. The summed E-state index contributed by atoms with van der Waals surface area (Å²) in [6, 6.07) is 16.8. The minimum atomic E-state index is -0.180. The molecule has 0 fully saturated rings. The second-order valence-electron chi connectivity index (χ2n) is 8.75. The van der Waals surface area contributed by atoms with Gasteiger partial charge in [0.1, 0.15) is 5.82 Å². The van der Waals surface area contributed by atoms with Crippen LogP contribution in [0.15, 0.2) is 71.4 Å². The van der Waals surface area contributed by atoms with E-state index in [1.165, 1.54) is 11.1 Å². The van der Waals surface area contributed by atoms with Crippen LogP contribution in [-0.2, 0) is 24.0 Å². The number of hydrogen-bond donors (Lipinski definition) is 1. The molecule has 0 radical (unpaired) electrons. The lowest BCUT2D eigenvalue weighted by molar-refractivity contribution is -0.0506. The highest BCUT2D eigenvalue weighted by molar-refractivity contribution is 6.17. The maximum Gasteiger partial charge on any atom is 0.137 e. The second-order valence-corrected chi connectivity index (χ2v) is 8.75. The zero-order valence-corrected chi connectivity index (χ0v) is 19.1. The van der Waals surface area contributed by atoms with Crippen LogP contribution < -0.4 is 5.32 Å². The first kappa shape index (κ1) is 20.7. The zero-order chi connectivity index (χ0) is 22.1. The van der Waals surface area contributed by atoms with E-state index in [0.29, 0.717) is 6.61 Å². The van der Waals surface area contributed by atoms with Gasteiger partial charge in [0, 0.05) is 7.05 Å². The minimum absolute atomic E-state index is 0.180. The number of nitrogens with zero attached hydrogens (tertiary/aromatic N) is 3. The predicted octanol–water partition coefficient (Wildman–Crippen LogP) is 6.55. The van der Waals surface area contributed by atoms with E-state index in [1.807, 2.05) is 30.1 Å². The van der Waals surface area contributed by atoms with Gasteiger partial charge >= 0.3 is 0 Å². The molecule has 1 unspecified atom stereocenters. The number of hydrogen-bond acceptors (Lipinski definition) is 4. The molecule has 1 aromatic heterocycles. The molecule has 5 rings (SSSR count). The van der Waals surface area contributed by atoms with Crippen LogP contribution in [0.1, 0.15) is 56.2 Å². The molecule has 164 valence electrons. The lowest BCUT2D eigenvalue weighted by atomic mass is 9.84. The largest absolute Gasteiger partial charge is 0.366 e. The van der Waals surface area contributed by atoms with Gasteiger partial charge < -0.3 is 10.1 Å². The van der Waals surface area contributed by atoms with E-state index < -0.39 is 0 Å². The summed E-state index contributed by atoms with van der Waals surface area (Å²) in [6.45, 7) is 5.11. The quantitative estimate of drug-likeness (QED) is 0.486. The highest BCUT2D eigenvalue weighted by Gasteiger charge is 2.38. The molecule has 0 saturated heterocycles. The van der Waals surface area contributed by atoms with Crippen LogP contribution in [0, 0.1) is 0 Å². The van der Waals surface area contributed by atoms with Crippen LogP contribution in [0.5, 0.6) is 0 Å². The van der Waals surface area contributed by atoms with Gasteiger partial charge in [-0.1, -0.05) is 55.8 Å². The smallest absolute Gasteiger partial charge is 0.137 e. The lowest BCUT2D eigenvalue weighted by Gasteiger charge is -2.29. The number of nitrogens with one attached hydrogen (secondary N) is 1. The summed E-state index contributed by atoms with van der Waals surface area (Å²) in [4.78, 5) is 5.04. The number of para-hydroxylation sites is 2. The van der Waals surface area contributed by atoms with Crippen molar-refractivity contribution in [1.29, 1.82) is 0 Å². The Kier molecular flexibility index (Phi) is 5.43. The van der Waals surface area contributed by atoms with Gasteiger partial charge in [0.05, 0.1) is 41.1 Å². The third-order valence-corrected chi connectivity index (χ3v) is 6.62. The topological polar surface area (TPSA) is 51.4 Å². The summed E-state index contributed by atoms with van der Waals surface area (Å²) in [5.74, 6) is 0.969. The van der Waals surface area contributed by atoms with Gasteiger partial charge in [0.15, 0.2) is 0 Å². The van der Waals surface area contributed by atoms with Gasteiger partial charge in [-0.15, -0.1) is 0 Å². The molecule has 2 aliphatic rings. The molecule has 3 heterocycles. The fourth-order valence-corrected chi connectivity index (χ4v) is 4.99. The normalized spacial score (nSPS) is 19.5. The van der Waals surface area contributed by atoms with Crippen LogP contribution in [0.4, 0.5) is 17.2 Å². The van der Waals surface area contributed by atoms with E-state index in [9.17, 15) is 0 Å². The number of ether oxygens (including phenoxy) is 1. The molecule has 0 bridgehead atoms. The van der Waals surface area contributed by atoms with Gasteiger partial charge in [-0.25, -0.2) is 4.99 Å². The van der Waals surface area contributed by atoms with Crippen molar-refractivity contribution >= 4 is 22.9 Å². The minimum Gasteiger partial charge on any atom is -0.366 e. The summed E-state index contributed by atoms with van der Waals surface area (Å²) in [5.41, 5.74) is 7.63. The summed E-state index contributed by atoms with van der Waals surface area (Å²) in [6.07, 6.45) is 8.26. The molecular formula is C27H30N4O. The van der Waals surface area contributed by atoms with E-state index in [4.69, 9.17) is 9.73 Å². The van der Waals surface area contributed by atoms with E-state index in [1.54, 1.807) is 0 Å². The number of aromatic nitrogens is 2. The van der Waals surface area contributed by atoms with Gasteiger partial charge in [0.2, 0.25) is 0 Å². The molecule has 3 aromatic rings. The number of benzene rings is 2. The average Bonchev–Trinajstić information content (AvgIpc) is 3.28. The van der Waals surface area contributed by atoms with Crippen LogP contribution >= 0.6 is 0 Å². The number of aliphatic imine (C=N–C) groups is 1. The standard InChI is InChI=1S/C27H30N4O/c1-4-15-27(22-12-6-5-11-20(22)18-32-27)16-9-10-19(2)25-21-17-28-31(3)26(21)30-24-14-8-7-13-23(24)29-25/h5-8,10-14,17,30H,4,9,15-16,18H2,1-3H3. The highest BCUT2D eigenvalue weighted by atomic mass is 16.5. The first-order valence-electron chi connectivity index (χ1n) is 11.5. The zero-order valence-electron chi connectivity index (χ0n) is 19.1. The number of allylic oxidation sites excluding steroid dienone is 2. The first-order valence-corrected chi connectivity index (χ1v) is 11.5. The Morgan fingerprint density at radius 2 is 1.97 bits per heavy atom. The van der Waals surface area contributed by atoms with Crippen LogP contribution in [-0.4, -0.2) is 15.5 Å². The molecule has 5 nitrogen and oxygen atoms in total. The highest BCUT2D eigenvalue weighted by Crippen LogP contribution is 2.43. The van der Waals surface area contributed by atoms with Crippen molar-refractivity contribution in [3.8, 4) is 0 Å². The van der Waals surface area contributed by atoms with Gasteiger partial charge in [-0.05, 0) is 55.0 Å². The summed E-state index contributed by atoms with van der Waals surface area (Å²) in [7, 11) is 1.96. The van der Waals surface area contributed by atoms with Crippen molar-refractivity contribution in [2.45, 2.75) is 51.7 Å². The maximum atomic E-state index is 6.42. The number of rotatable bonds is 6. The maximum absolute atomic E-state index is 6.42. The molecule has 1 atom stereocenters. The summed E-state index contributed by atoms with van der Waals surface area (Å²) >= 11 is 0. The molecule has 0 aliphatic carbocycles. The molecule has 0 amide bonds. The average molecular weight is 427 g/mol. The number of anilines is 2. The van der Waals surface area contributed by atoms with Gasteiger partial charge in [-0.2, -0.15) is 5.10 Å². The Balaban J connectivity index is 1.44. The molecular weight excluding hydrogens is 396 g/mol. The Morgan fingerprint density at radius 3 is 2.84 bits per heavy atom. The fourth-order valence-electron chi connectivity index (χ4n) is 4.99. The molecule has 0 spiro atoms. The third-order valence-electron chi connectivity index (χ3n) is 6.62. The Labute approximate surface area is 189 Å². The van der Waals surface area contributed by atoms with Crippen LogP contribution in [0.2, 0.25) is 0 Å². The SMILES string of the molecule is CCCC1(CCC=C(C)C2=Nc3ccccc3Nc3c2cnn3C)OCc2ccccc21. The molecule has 1 N–H and O–H groups in total. The Bertz CT molecular complexity index is 1200. The third kappa shape index (κ3) is 3.56. The summed E-state index contributed by atoms with van der Waals surface area (Å²) in [5, 5.41) is 7.98. The monoisotopic (exact) mass is 426 g/mol. The van der Waals surface area contributed by atoms with E-state index in [0.717, 1.165) is 59.7 Å². The Hall–Kier alpha value is -3.18. The van der Waals surface area contributed by atoms with Crippen LogP contribution in [0.25, 0.3) is 0 Å². The molecule has 32 heavy (non-hydrogen) atoms. The second kappa shape index (κ2) is 8.40. The molecule has 5 heteroatoms. The van der Waals surface area contributed by atoms with Crippen molar-refractivity contribution in [3.05, 3.63) is 83.1 Å². The van der Waals surface area contributed by atoms with E-state index in [-0.39, 0.29) is 5.60 Å². The van der Waals surface area contributed by atoms with Crippen molar-refractivity contribution in [2.24, 2.45) is 12.0 Å². The van der Waals surface area contributed by atoms with Gasteiger partial charge in [0.25, 0.3) is 0 Å². The first-order chi connectivity index (χ1) is 15.6. The molecule has 0 saturated carbocycles. The van der Waals surface area contributed by atoms with Crippen molar-refractivity contribution in [3.63, 3.8) is 0 Å². The van der Waals surface area contributed by atoms with E-state index >= 15 is 0 Å². The van der Waals surface area contributed by atoms with E-state index in [2.05, 4.69) is 66.7 Å². The number of aryl methyl sites for hydroxylation is 1. The van der Waals surface area contributed by atoms with Crippen molar-refractivity contribution in [1.82, 2.24) is 9.78 Å². The predicted molar refractivity (Wildman–Crippen MR) is 130 cm³/mol. The van der Waals surface area contributed by atoms with Crippen molar-refractivity contribution < 1.29 is 4.74 Å². The molecule has 2 aliphatic heterocycles. The summed E-state index contributed by atoms with van der Waals surface area (Å²) < 4.78 is 8.30. The number of fused-ring (bicyclic) bond motifs is 3. The van der Waals surface area contributed by atoms with Crippen LogP contribution in [0.3, 0.4) is 0 Å². The van der Waals surface area contributed by atoms with Crippen molar-refractivity contribution in [2.75, 3.05) is 5.32 Å². The van der Waals surface area contributed by atoms with Gasteiger partial charge in [-0.3, -0.25) is 4.68 Å². The fraction of sp³-hybridized carbons (Fsp3) is 0.333. The molecule has 2 aromatic carbocycles.